The van der Waals surface area contributed by atoms with Crippen LogP contribution in [0, 0.1) is 47.5 Å². The van der Waals surface area contributed by atoms with Gasteiger partial charge in [0, 0.05) is 11.5 Å². The van der Waals surface area contributed by atoms with Crippen molar-refractivity contribution in [1.82, 2.24) is 0 Å². The van der Waals surface area contributed by atoms with Crippen molar-refractivity contribution in [3.63, 3.8) is 0 Å². The molecule has 3 unspecified atom stereocenters. The topological polar surface area (TPSA) is 134 Å². The smallest absolute Gasteiger partial charge is 0.307 e. The quantitative estimate of drug-likeness (QED) is 0.193. The minimum atomic E-state index is -0.851. The third-order valence-electron chi connectivity index (χ3n) is 8.03. The highest BCUT2D eigenvalue weighted by atomic mass is 16.5. The van der Waals surface area contributed by atoms with Crippen LogP contribution in [0.3, 0.4) is 0 Å². The van der Waals surface area contributed by atoms with Crippen LogP contribution >= 0.6 is 0 Å². The molecule has 0 radical (unpaired) electrons. The number of ether oxygens (including phenoxy) is 2. The number of phenolic OH excluding ortho intramolecular Hbond substituents is 3. The molecule has 8 nitrogen and oxygen atoms in total. The second kappa shape index (κ2) is 13.1. The zero-order valence-corrected chi connectivity index (χ0v) is 25.0. The molecule has 8 heteroatoms. The summed E-state index contributed by atoms with van der Waals surface area (Å²) in [5, 5.41) is 37.7. The van der Waals surface area contributed by atoms with E-state index in [4.69, 9.17) is 14.6 Å². The molecule has 220 valence electrons. The Kier molecular flexibility index (Phi) is 10.7. The molecule has 2 aromatic rings. The molecule has 0 aromatic heterocycles. The normalized spacial score (nSPS) is 21.1. The highest BCUT2D eigenvalue weighted by Gasteiger charge is 2.36. The fourth-order valence-electron chi connectivity index (χ4n) is 5.01. The Morgan fingerprint density at radius 2 is 1.62 bits per heavy atom. The molecule has 4 rings (SSSR count). The highest BCUT2D eigenvalue weighted by molar-refractivity contribution is 5.72. The molecule has 0 saturated carbocycles. The van der Waals surface area contributed by atoms with Crippen molar-refractivity contribution < 1.29 is 39.5 Å². The minimum Gasteiger partial charge on any atom is -0.508 e. The number of carboxylic acids is 1. The van der Waals surface area contributed by atoms with Crippen molar-refractivity contribution >= 4 is 11.9 Å². The largest absolute Gasteiger partial charge is 0.508 e. The first-order valence-corrected chi connectivity index (χ1v) is 13.5. The predicted octanol–water partition coefficient (Wildman–Crippen LogP) is 6.41. The first kappa shape index (κ1) is 32.5. The number of hydrogen-bond acceptors (Lipinski definition) is 7. The second-order valence-corrected chi connectivity index (χ2v) is 11.1. The number of carbonyl (C=O) groups is 2. The van der Waals surface area contributed by atoms with Crippen LogP contribution in [0.4, 0.5) is 0 Å². The summed E-state index contributed by atoms with van der Waals surface area (Å²) < 4.78 is 10.9. The van der Waals surface area contributed by atoms with Gasteiger partial charge in [-0.05, 0) is 114 Å². The van der Waals surface area contributed by atoms with Crippen molar-refractivity contribution in [3.8, 4) is 23.0 Å². The van der Waals surface area contributed by atoms with Gasteiger partial charge in [-0.1, -0.05) is 6.08 Å². The van der Waals surface area contributed by atoms with Crippen LogP contribution in [0.5, 0.6) is 23.0 Å². The van der Waals surface area contributed by atoms with E-state index >= 15 is 0 Å². The number of aryl methyl sites for hydroxylation is 1. The van der Waals surface area contributed by atoms with Gasteiger partial charge in [-0.25, -0.2) is 0 Å². The lowest BCUT2D eigenvalue weighted by atomic mass is 9.85. The SMILES string of the molecule is C=CCC1CC(=O)OC1C.Cc1c(C)c2c(c(C)c1O)CCC(C)(CC(=O)O)O2.Cc1cc(O)c(C)c(C)c1O. The maximum atomic E-state index is 10.9. The lowest BCUT2D eigenvalue weighted by Gasteiger charge is -2.37. The van der Waals surface area contributed by atoms with Crippen LogP contribution in [0.25, 0.3) is 0 Å². The van der Waals surface area contributed by atoms with Crippen molar-refractivity contribution in [1.29, 1.82) is 0 Å². The first-order valence-electron chi connectivity index (χ1n) is 13.5. The molecule has 0 aliphatic carbocycles. The van der Waals surface area contributed by atoms with Crippen LogP contribution in [-0.4, -0.2) is 44.1 Å². The van der Waals surface area contributed by atoms with Gasteiger partial charge in [0.2, 0.25) is 0 Å². The molecular formula is C32H44O8. The number of esters is 1. The number of carbonyl (C=O) groups excluding carboxylic acids is 1. The Morgan fingerprint density at radius 1 is 1.02 bits per heavy atom. The molecule has 0 amide bonds. The van der Waals surface area contributed by atoms with E-state index in [9.17, 15) is 24.9 Å². The van der Waals surface area contributed by atoms with Gasteiger partial charge in [-0.3, -0.25) is 9.59 Å². The summed E-state index contributed by atoms with van der Waals surface area (Å²) in [5.41, 5.74) is 5.09. The molecule has 0 bridgehead atoms. The number of aromatic hydroxyl groups is 3. The van der Waals surface area contributed by atoms with E-state index in [1.54, 1.807) is 26.8 Å². The van der Waals surface area contributed by atoms with Crippen LogP contribution in [0.15, 0.2) is 18.7 Å². The Balaban J connectivity index is 0.000000228. The zero-order valence-electron chi connectivity index (χ0n) is 25.0. The summed E-state index contributed by atoms with van der Waals surface area (Å²) in [7, 11) is 0. The molecule has 40 heavy (non-hydrogen) atoms. The van der Waals surface area contributed by atoms with Gasteiger partial charge < -0.3 is 29.9 Å². The Hall–Kier alpha value is -3.68. The fraction of sp³-hybridized carbons (Fsp3) is 0.500. The molecule has 1 fully saturated rings. The van der Waals surface area contributed by atoms with E-state index in [2.05, 4.69) is 6.58 Å². The number of hydrogen-bond donors (Lipinski definition) is 4. The number of carboxylic acid groups (broad SMARTS) is 1. The minimum absolute atomic E-state index is 0.00908. The average Bonchev–Trinajstić information content (AvgIpc) is 3.20. The highest BCUT2D eigenvalue weighted by Crippen LogP contribution is 2.44. The number of aliphatic carboxylic acids is 1. The van der Waals surface area contributed by atoms with Crippen LogP contribution < -0.4 is 4.74 Å². The summed E-state index contributed by atoms with van der Waals surface area (Å²) in [6.07, 6.45) is 4.74. The average molecular weight is 557 g/mol. The maximum Gasteiger partial charge on any atom is 0.307 e. The summed E-state index contributed by atoms with van der Waals surface area (Å²) in [5.74, 6) is 1.04. The standard InChI is InChI=1S/C15H20O4.C9H12O2.C8H12O2/c1-8-9(2)14-11(10(3)13(8)18)5-6-15(4,19-14)7-12(16)17;1-5-4-8(10)6(2)7(3)9(5)11;1-3-4-7-5-8(9)10-6(7)2/h18H,5-7H2,1-4H3,(H,16,17);4,10-11H,1-3H3;3,6-7H,1,4-5H2,2H3. The second-order valence-electron chi connectivity index (χ2n) is 11.1. The van der Waals surface area contributed by atoms with E-state index in [-0.39, 0.29) is 30.0 Å². The molecule has 4 N–H and O–H groups in total. The van der Waals surface area contributed by atoms with Crippen molar-refractivity contribution in [3.05, 3.63) is 57.7 Å². The lowest BCUT2D eigenvalue weighted by Crippen LogP contribution is -2.39. The molecule has 1 saturated heterocycles. The van der Waals surface area contributed by atoms with Gasteiger partial charge in [-0.2, -0.15) is 0 Å². The Bertz CT molecular complexity index is 1250. The van der Waals surface area contributed by atoms with E-state index in [0.29, 0.717) is 30.1 Å². The van der Waals surface area contributed by atoms with E-state index in [1.807, 2.05) is 40.7 Å². The molecule has 2 aliphatic rings. The summed E-state index contributed by atoms with van der Waals surface area (Å²) in [6.45, 7) is 18.3. The van der Waals surface area contributed by atoms with Gasteiger partial charge in [-0.15, -0.1) is 6.58 Å². The van der Waals surface area contributed by atoms with Gasteiger partial charge in [0.1, 0.15) is 34.7 Å². The first-order chi connectivity index (χ1) is 18.5. The van der Waals surface area contributed by atoms with Crippen molar-refractivity contribution in [2.45, 2.75) is 99.2 Å². The molecule has 2 aromatic carbocycles. The van der Waals surface area contributed by atoms with Crippen LogP contribution in [-0.2, 0) is 20.7 Å². The molecule has 0 spiro atoms. The summed E-state index contributed by atoms with van der Waals surface area (Å²) >= 11 is 0. The van der Waals surface area contributed by atoms with Crippen molar-refractivity contribution in [2.24, 2.45) is 5.92 Å². The van der Waals surface area contributed by atoms with E-state index in [0.717, 1.165) is 52.0 Å². The number of cyclic esters (lactones) is 1. The van der Waals surface area contributed by atoms with Gasteiger partial charge in [0.15, 0.2) is 0 Å². The molecule has 2 aliphatic heterocycles. The van der Waals surface area contributed by atoms with Gasteiger partial charge in [0.05, 0.1) is 12.8 Å². The Morgan fingerprint density at radius 3 is 2.15 bits per heavy atom. The monoisotopic (exact) mass is 556 g/mol. The maximum absolute atomic E-state index is 10.9. The summed E-state index contributed by atoms with van der Waals surface area (Å²) in [6, 6.07) is 1.57. The van der Waals surface area contributed by atoms with E-state index < -0.39 is 11.6 Å². The molecule has 3 atom stereocenters. The van der Waals surface area contributed by atoms with Gasteiger partial charge >= 0.3 is 11.9 Å². The lowest BCUT2D eigenvalue weighted by molar-refractivity contribution is -0.142. The number of fused-ring (bicyclic) bond motifs is 1. The van der Waals surface area contributed by atoms with Crippen LogP contribution in [0.1, 0.15) is 78.5 Å². The predicted molar refractivity (Wildman–Crippen MR) is 154 cm³/mol. The fourth-order valence-corrected chi connectivity index (χ4v) is 5.01. The molecular weight excluding hydrogens is 512 g/mol. The third-order valence-corrected chi connectivity index (χ3v) is 8.03. The number of benzene rings is 2. The zero-order chi connectivity index (χ0) is 30.5. The number of phenols is 3. The molecule has 2 heterocycles. The van der Waals surface area contributed by atoms with E-state index in [1.165, 1.54) is 0 Å². The van der Waals surface area contributed by atoms with Gasteiger partial charge in [0.25, 0.3) is 0 Å². The third kappa shape index (κ3) is 7.49. The van der Waals surface area contributed by atoms with Crippen molar-refractivity contribution in [2.75, 3.05) is 0 Å². The number of allylic oxidation sites excluding steroid dienone is 1. The summed E-state index contributed by atoms with van der Waals surface area (Å²) in [4.78, 5) is 21.6. The number of rotatable bonds is 4. The Labute approximate surface area is 237 Å². The van der Waals surface area contributed by atoms with Crippen LogP contribution in [0.2, 0.25) is 0 Å².